The van der Waals surface area contributed by atoms with Crippen molar-refractivity contribution in [2.45, 2.75) is 13.3 Å². The van der Waals surface area contributed by atoms with E-state index < -0.39 is 0 Å². The Bertz CT molecular complexity index is 361. The number of rotatable bonds is 10. The van der Waals surface area contributed by atoms with E-state index in [-0.39, 0.29) is 24.0 Å². The van der Waals surface area contributed by atoms with Crippen LogP contribution in [-0.2, 0) is 11.2 Å². The minimum atomic E-state index is 0. The quantitative estimate of drug-likeness (QED) is 0.260. The summed E-state index contributed by atoms with van der Waals surface area (Å²) in [5.41, 5.74) is 0. The Hall–Kier alpha value is -0.410. The van der Waals surface area contributed by atoms with Gasteiger partial charge in [-0.1, -0.05) is 0 Å². The number of thioether (sulfide) groups is 1. The van der Waals surface area contributed by atoms with Crippen molar-refractivity contribution in [2.75, 3.05) is 44.9 Å². The zero-order valence-corrected chi connectivity index (χ0v) is 15.9. The van der Waals surface area contributed by atoms with Crippen LogP contribution in [0.2, 0.25) is 0 Å². The van der Waals surface area contributed by atoms with Crippen LogP contribution >= 0.6 is 35.7 Å². The van der Waals surface area contributed by atoms with Crippen molar-refractivity contribution in [3.8, 4) is 0 Å². The lowest BCUT2D eigenvalue weighted by molar-refractivity contribution is 0.155. The molecule has 1 heterocycles. The highest BCUT2D eigenvalue weighted by molar-refractivity contribution is 14.0. The topological polar surface area (TPSA) is 58.8 Å². The van der Waals surface area contributed by atoms with Gasteiger partial charge in [0, 0.05) is 31.9 Å². The van der Waals surface area contributed by atoms with Crippen LogP contribution in [0.1, 0.15) is 12.7 Å². The second kappa shape index (κ2) is 14.5. The Morgan fingerprint density at radius 2 is 2.19 bits per heavy atom. The first-order chi connectivity index (χ1) is 9.86. The third-order valence-corrected chi connectivity index (χ3v) is 3.16. The van der Waals surface area contributed by atoms with Gasteiger partial charge in [0.05, 0.1) is 19.4 Å². The molecule has 0 saturated carbocycles. The van der Waals surface area contributed by atoms with E-state index in [0.717, 1.165) is 43.6 Å². The van der Waals surface area contributed by atoms with E-state index in [4.69, 9.17) is 9.15 Å². The van der Waals surface area contributed by atoms with E-state index in [1.54, 1.807) is 6.26 Å². The highest BCUT2D eigenvalue weighted by Crippen LogP contribution is 1.99. The summed E-state index contributed by atoms with van der Waals surface area (Å²) < 4.78 is 10.6. The summed E-state index contributed by atoms with van der Waals surface area (Å²) in [5, 5.41) is 6.62. The highest BCUT2D eigenvalue weighted by atomic mass is 127. The average Bonchev–Trinajstić information content (AvgIpc) is 2.96. The number of nitrogens with zero attached hydrogens (tertiary/aromatic N) is 1. The Labute approximate surface area is 148 Å². The number of ether oxygens (including phenoxy) is 1. The van der Waals surface area contributed by atoms with Gasteiger partial charge >= 0.3 is 0 Å². The summed E-state index contributed by atoms with van der Waals surface area (Å²) in [6.07, 6.45) is 4.64. The van der Waals surface area contributed by atoms with Crippen molar-refractivity contribution in [3.05, 3.63) is 24.2 Å². The molecule has 0 bridgehead atoms. The maximum atomic E-state index is 5.30. The van der Waals surface area contributed by atoms with Gasteiger partial charge in [0.25, 0.3) is 0 Å². The van der Waals surface area contributed by atoms with Gasteiger partial charge in [0.15, 0.2) is 5.96 Å². The molecule has 1 rings (SSSR count). The summed E-state index contributed by atoms with van der Waals surface area (Å²) in [5.74, 6) is 2.88. The Morgan fingerprint density at radius 3 is 2.86 bits per heavy atom. The van der Waals surface area contributed by atoms with E-state index in [2.05, 4.69) is 21.9 Å². The fraction of sp³-hybridized carbons (Fsp3) is 0.643. The summed E-state index contributed by atoms with van der Waals surface area (Å²) in [7, 11) is 0. The molecule has 0 aliphatic heterocycles. The zero-order valence-electron chi connectivity index (χ0n) is 12.8. The lowest BCUT2D eigenvalue weighted by Crippen LogP contribution is -2.39. The fourth-order valence-corrected chi connectivity index (χ4v) is 1.88. The van der Waals surface area contributed by atoms with Gasteiger partial charge in [0.1, 0.15) is 5.76 Å². The molecule has 122 valence electrons. The Balaban J connectivity index is 0.00000400. The molecule has 0 aliphatic rings. The van der Waals surface area contributed by atoms with Crippen molar-refractivity contribution in [1.82, 2.24) is 10.6 Å². The Kier molecular flexibility index (Phi) is 14.2. The maximum absolute atomic E-state index is 5.30. The van der Waals surface area contributed by atoms with E-state index in [0.29, 0.717) is 13.2 Å². The van der Waals surface area contributed by atoms with Crippen LogP contribution in [0, 0.1) is 0 Å². The molecule has 0 spiro atoms. The third kappa shape index (κ3) is 10.9. The zero-order chi connectivity index (χ0) is 14.5. The van der Waals surface area contributed by atoms with E-state index >= 15 is 0 Å². The molecule has 7 heteroatoms. The van der Waals surface area contributed by atoms with Crippen LogP contribution in [0.3, 0.4) is 0 Å². The van der Waals surface area contributed by atoms with Crippen LogP contribution in [0.4, 0.5) is 0 Å². The van der Waals surface area contributed by atoms with Crippen molar-refractivity contribution < 1.29 is 9.15 Å². The van der Waals surface area contributed by atoms with Crippen LogP contribution < -0.4 is 10.6 Å². The molecule has 0 aliphatic carbocycles. The molecular formula is C14H26IN3O2S. The second-order valence-electron chi connectivity index (χ2n) is 4.10. The first-order valence-corrected chi connectivity index (χ1v) is 8.37. The summed E-state index contributed by atoms with van der Waals surface area (Å²) >= 11 is 1.81. The van der Waals surface area contributed by atoms with E-state index in [1.807, 2.05) is 30.8 Å². The molecule has 1 aromatic rings. The fourth-order valence-electron chi connectivity index (χ4n) is 1.57. The summed E-state index contributed by atoms with van der Waals surface area (Å²) in [6, 6.07) is 3.89. The van der Waals surface area contributed by atoms with Crippen LogP contribution in [0.5, 0.6) is 0 Å². The average molecular weight is 427 g/mol. The van der Waals surface area contributed by atoms with Gasteiger partial charge in [-0.15, -0.1) is 24.0 Å². The van der Waals surface area contributed by atoms with Gasteiger partial charge in [-0.3, -0.25) is 4.99 Å². The molecule has 1 aromatic heterocycles. The number of hydrogen-bond donors (Lipinski definition) is 2. The summed E-state index contributed by atoms with van der Waals surface area (Å²) in [6.45, 7) is 5.75. The lowest BCUT2D eigenvalue weighted by atomic mass is 10.3. The number of furan rings is 1. The third-order valence-electron chi connectivity index (χ3n) is 2.55. The highest BCUT2D eigenvalue weighted by Gasteiger charge is 1.99. The van der Waals surface area contributed by atoms with Crippen molar-refractivity contribution >= 4 is 41.7 Å². The maximum Gasteiger partial charge on any atom is 0.191 e. The van der Waals surface area contributed by atoms with E-state index in [9.17, 15) is 0 Å². The number of guanidine groups is 1. The van der Waals surface area contributed by atoms with Gasteiger partial charge in [0.2, 0.25) is 0 Å². The predicted molar refractivity (Wildman–Crippen MR) is 101 cm³/mol. The molecule has 2 N–H and O–H groups in total. The Morgan fingerprint density at radius 1 is 1.38 bits per heavy atom. The molecular weight excluding hydrogens is 401 g/mol. The minimum Gasteiger partial charge on any atom is -0.469 e. The first kappa shape index (κ1) is 20.6. The monoisotopic (exact) mass is 427 g/mol. The summed E-state index contributed by atoms with van der Waals surface area (Å²) in [4.78, 5) is 4.48. The largest absolute Gasteiger partial charge is 0.469 e. The molecule has 21 heavy (non-hydrogen) atoms. The van der Waals surface area contributed by atoms with Crippen molar-refractivity contribution in [3.63, 3.8) is 0 Å². The molecule has 0 aromatic carbocycles. The normalized spacial score (nSPS) is 11.0. The van der Waals surface area contributed by atoms with Crippen LogP contribution in [0.15, 0.2) is 27.8 Å². The van der Waals surface area contributed by atoms with Crippen molar-refractivity contribution in [1.29, 1.82) is 0 Å². The number of halogens is 1. The standard InChI is InChI=1S/C14H25N3O2S.HI/c1-3-18-11-8-16-14(17-9-12-20-2)15-7-6-13-5-4-10-19-13;/h4-5,10H,3,6-9,11-12H2,1-2H3,(H2,15,16,17);1H. The van der Waals surface area contributed by atoms with Gasteiger partial charge in [-0.05, 0) is 25.3 Å². The molecule has 0 amide bonds. The molecule has 5 nitrogen and oxygen atoms in total. The van der Waals surface area contributed by atoms with E-state index in [1.165, 1.54) is 0 Å². The number of aliphatic imine (C=N–C) groups is 1. The SMILES string of the molecule is CCOCCN=C(NCCSC)NCCc1ccco1.I. The van der Waals surface area contributed by atoms with Crippen LogP contribution in [-0.4, -0.2) is 50.8 Å². The smallest absolute Gasteiger partial charge is 0.191 e. The molecule has 0 unspecified atom stereocenters. The van der Waals surface area contributed by atoms with Crippen LogP contribution in [0.25, 0.3) is 0 Å². The second-order valence-corrected chi connectivity index (χ2v) is 5.09. The number of nitrogens with one attached hydrogen (secondary N) is 2. The molecule has 0 atom stereocenters. The lowest BCUT2D eigenvalue weighted by Gasteiger charge is -2.11. The first-order valence-electron chi connectivity index (χ1n) is 6.98. The minimum absolute atomic E-state index is 0. The predicted octanol–water partition coefficient (Wildman–Crippen LogP) is 2.37. The van der Waals surface area contributed by atoms with Gasteiger partial charge < -0.3 is 19.8 Å². The van der Waals surface area contributed by atoms with Gasteiger partial charge in [-0.25, -0.2) is 0 Å². The van der Waals surface area contributed by atoms with Gasteiger partial charge in [-0.2, -0.15) is 11.8 Å². The molecule has 0 radical (unpaired) electrons. The number of hydrogen-bond acceptors (Lipinski definition) is 4. The van der Waals surface area contributed by atoms with Crippen molar-refractivity contribution in [2.24, 2.45) is 4.99 Å². The molecule has 0 saturated heterocycles. The molecule has 0 fully saturated rings.